The Morgan fingerprint density at radius 2 is 1.04 bits per heavy atom. The number of hydrogen-bond acceptors (Lipinski definition) is 7. The van der Waals surface area contributed by atoms with E-state index < -0.39 is 30.0 Å². The lowest BCUT2D eigenvalue weighted by Gasteiger charge is -2.06. The zero-order valence-corrected chi connectivity index (χ0v) is 14.5. The molecule has 2 rings (SSSR count). The van der Waals surface area contributed by atoms with Gasteiger partial charge in [-0.15, -0.1) is 0 Å². The first-order chi connectivity index (χ1) is 11.0. The molecule has 0 unspecified atom stereocenters. The molecule has 0 aromatic heterocycles. The smallest absolute Gasteiger partial charge is 0.295 e. The molecular weight excluding hydrogens is 370 g/mol. The van der Waals surface area contributed by atoms with E-state index in [0.29, 0.717) is 0 Å². The van der Waals surface area contributed by atoms with Crippen molar-refractivity contribution in [2.45, 2.75) is 9.79 Å². The third-order valence-corrected chi connectivity index (χ3v) is 4.89. The minimum atomic E-state index is -4.52. The second kappa shape index (κ2) is 7.21. The molecule has 11 heteroatoms. The van der Waals surface area contributed by atoms with Crippen LogP contribution in [0.4, 0.5) is 11.4 Å². The van der Waals surface area contributed by atoms with Crippen molar-refractivity contribution < 1.29 is 25.9 Å². The maximum atomic E-state index is 11.4. The van der Waals surface area contributed by atoms with Crippen LogP contribution >= 0.6 is 0 Å². The van der Waals surface area contributed by atoms with Crippen LogP contribution in [0.3, 0.4) is 0 Å². The van der Waals surface area contributed by atoms with Gasteiger partial charge in [-0.1, -0.05) is 24.3 Å². The molecule has 2 aromatic carbocycles. The predicted octanol–water partition coefficient (Wildman–Crippen LogP) is 1.68. The van der Waals surface area contributed by atoms with E-state index in [1.165, 1.54) is 36.4 Å². The van der Waals surface area contributed by atoms with E-state index in [-0.39, 0.29) is 28.7 Å². The van der Waals surface area contributed by atoms with Crippen molar-refractivity contribution in [2.75, 3.05) is 11.5 Å². The molecule has 2 aromatic rings. The summed E-state index contributed by atoms with van der Waals surface area (Å²) in [7, 11) is -9.05. The number of benzene rings is 2. The summed E-state index contributed by atoms with van der Waals surface area (Å²) in [5, 5.41) is 0. The van der Waals surface area contributed by atoms with Crippen LogP contribution in [0.25, 0.3) is 12.2 Å². The van der Waals surface area contributed by atoms with E-state index in [9.17, 15) is 25.9 Å². The van der Waals surface area contributed by atoms with Crippen molar-refractivity contribution in [2.24, 2.45) is 0 Å². The molecule has 0 saturated heterocycles. The van der Waals surface area contributed by atoms with Gasteiger partial charge in [0.1, 0.15) is 9.79 Å². The standard InChI is InChI=1S/C14H14N2O6S2.H3N/c15-11-5-3-9(13(7-11)23(17,18)19)1-2-10-4-6-12(16)8-14(10)24(20,21)22;/h1-8H,15-16H2,(H,17,18,19)(H,20,21,22);1H3. The third kappa shape index (κ3) is 5.01. The van der Waals surface area contributed by atoms with Gasteiger partial charge < -0.3 is 17.6 Å². The first-order valence-electron chi connectivity index (χ1n) is 6.40. The van der Waals surface area contributed by atoms with Crippen molar-refractivity contribution >= 4 is 43.8 Å². The number of nitrogens with two attached hydrogens (primary N) is 2. The molecule has 9 nitrogen and oxygen atoms in total. The maximum Gasteiger partial charge on any atom is 0.295 e. The molecule has 0 aliphatic heterocycles. The van der Waals surface area contributed by atoms with E-state index in [0.717, 1.165) is 12.1 Å². The van der Waals surface area contributed by atoms with Crippen molar-refractivity contribution in [1.82, 2.24) is 6.15 Å². The van der Waals surface area contributed by atoms with Gasteiger partial charge in [-0.05, 0) is 35.4 Å². The molecule has 0 heterocycles. The molecule has 0 saturated carbocycles. The fraction of sp³-hybridized carbons (Fsp3) is 0. The van der Waals surface area contributed by atoms with Gasteiger partial charge >= 0.3 is 0 Å². The summed E-state index contributed by atoms with van der Waals surface area (Å²) in [5.41, 5.74) is 11.4. The number of nitrogen functional groups attached to an aromatic ring is 2. The number of rotatable bonds is 4. The Bertz CT molecular complexity index is 947. The Labute approximate surface area is 145 Å². The van der Waals surface area contributed by atoms with E-state index in [4.69, 9.17) is 11.5 Å². The van der Waals surface area contributed by atoms with Gasteiger partial charge in [0.05, 0.1) is 0 Å². The van der Waals surface area contributed by atoms with Gasteiger partial charge in [0.2, 0.25) is 0 Å². The summed E-state index contributed by atoms with van der Waals surface area (Å²) in [5.74, 6) is 0. The van der Waals surface area contributed by atoms with Gasteiger partial charge in [-0.25, -0.2) is 0 Å². The van der Waals surface area contributed by atoms with Crippen LogP contribution < -0.4 is 17.6 Å². The first kappa shape index (κ1) is 20.6. The average molecular weight is 387 g/mol. The second-order valence-corrected chi connectivity index (χ2v) is 7.66. The molecule has 0 amide bonds. The van der Waals surface area contributed by atoms with Crippen molar-refractivity contribution in [1.29, 1.82) is 0 Å². The quantitative estimate of drug-likeness (QED) is 0.294. The average Bonchev–Trinajstić information content (AvgIpc) is 2.45. The Balaban J connectivity index is 0.00000312. The van der Waals surface area contributed by atoms with Gasteiger partial charge in [0.15, 0.2) is 0 Å². The van der Waals surface area contributed by atoms with Crippen molar-refractivity contribution in [3.8, 4) is 0 Å². The molecule has 0 atom stereocenters. The van der Waals surface area contributed by atoms with Crippen LogP contribution in [0.5, 0.6) is 0 Å². The highest BCUT2D eigenvalue weighted by Crippen LogP contribution is 2.24. The van der Waals surface area contributed by atoms with E-state index in [1.54, 1.807) is 0 Å². The maximum absolute atomic E-state index is 11.4. The summed E-state index contributed by atoms with van der Waals surface area (Å²) in [6.45, 7) is 0. The Morgan fingerprint density at radius 3 is 1.32 bits per heavy atom. The normalized spacial score (nSPS) is 12.1. The van der Waals surface area contributed by atoms with E-state index >= 15 is 0 Å². The fourth-order valence-corrected chi connectivity index (χ4v) is 3.44. The lowest BCUT2D eigenvalue weighted by molar-refractivity contribution is 0.480. The zero-order valence-electron chi connectivity index (χ0n) is 12.8. The minimum Gasteiger partial charge on any atom is -0.399 e. The summed E-state index contributed by atoms with van der Waals surface area (Å²) in [6.07, 6.45) is 2.53. The Hall–Kier alpha value is -2.44. The third-order valence-electron chi connectivity index (χ3n) is 3.07. The molecule has 0 aliphatic rings. The second-order valence-electron chi connectivity index (χ2n) is 4.88. The van der Waals surface area contributed by atoms with E-state index in [1.807, 2.05) is 0 Å². The summed E-state index contributed by atoms with van der Waals surface area (Å²) >= 11 is 0. The molecule has 25 heavy (non-hydrogen) atoms. The van der Waals surface area contributed by atoms with Crippen LogP contribution in [-0.4, -0.2) is 25.9 Å². The molecule has 0 bridgehead atoms. The monoisotopic (exact) mass is 387 g/mol. The predicted molar refractivity (Wildman–Crippen MR) is 95.3 cm³/mol. The highest BCUT2D eigenvalue weighted by molar-refractivity contribution is 7.86. The summed E-state index contributed by atoms with van der Waals surface area (Å²) < 4.78 is 64.1. The largest absolute Gasteiger partial charge is 0.399 e. The molecule has 0 aliphatic carbocycles. The number of anilines is 2. The topological polar surface area (TPSA) is 196 Å². The lowest BCUT2D eigenvalue weighted by Crippen LogP contribution is -2.03. The highest BCUT2D eigenvalue weighted by atomic mass is 32.2. The van der Waals surface area contributed by atoms with Crippen LogP contribution in [0.2, 0.25) is 0 Å². The molecular formula is C14H17N3O6S2. The van der Waals surface area contributed by atoms with Crippen LogP contribution in [0, 0.1) is 0 Å². The Morgan fingerprint density at radius 1 is 0.720 bits per heavy atom. The van der Waals surface area contributed by atoms with Crippen molar-refractivity contribution in [3.63, 3.8) is 0 Å². The highest BCUT2D eigenvalue weighted by Gasteiger charge is 2.16. The van der Waals surface area contributed by atoms with Crippen LogP contribution in [-0.2, 0) is 20.2 Å². The zero-order chi connectivity index (χ0) is 18.1. The lowest BCUT2D eigenvalue weighted by atomic mass is 10.1. The molecule has 9 N–H and O–H groups in total. The van der Waals surface area contributed by atoms with Gasteiger partial charge in [0.25, 0.3) is 20.2 Å². The Kier molecular flexibility index (Phi) is 5.94. The number of hydrogen-bond donors (Lipinski definition) is 5. The van der Waals surface area contributed by atoms with Gasteiger partial charge in [-0.3, -0.25) is 9.11 Å². The molecule has 0 fully saturated rings. The fourth-order valence-electron chi connectivity index (χ4n) is 2.00. The summed E-state index contributed by atoms with van der Waals surface area (Å²) in [4.78, 5) is -0.856. The SMILES string of the molecule is N.Nc1ccc(C=Cc2ccc(N)cc2S(=O)(=O)O)c(S(=O)(=O)O)c1. The van der Waals surface area contributed by atoms with Crippen LogP contribution in [0.15, 0.2) is 46.2 Å². The van der Waals surface area contributed by atoms with Crippen LogP contribution in [0.1, 0.15) is 11.1 Å². The molecule has 0 radical (unpaired) electrons. The summed E-state index contributed by atoms with van der Waals surface area (Å²) in [6, 6.07) is 7.67. The molecule has 136 valence electrons. The van der Waals surface area contributed by atoms with Gasteiger partial charge in [-0.2, -0.15) is 16.8 Å². The van der Waals surface area contributed by atoms with Gasteiger partial charge in [0, 0.05) is 11.4 Å². The minimum absolute atomic E-state index is 0. The van der Waals surface area contributed by atoms with Crippen molar-refractivity contribution in [3.05, 3.63) is 47.5 Å². The first-order valence-corrected chi connectivity index (χ1v) is 9.28. The molecule has 0 spiro atoms. The van der Waals surface area contributed by atoms with E-state index in [2.05, 4.69) is 0 Å².